The van der Waals surface area contributed by atoms with Crippen LogP contribution in [0.1, 0.15) is 59.2 Å². The molecule has 0 aliphatic carbocycles. The lowest BCUT2D eigenvalue weighted by atomic mass is 10.0. The van der Waals surface area contributed by atoms with Crippen LogP contribution in [0.25, 0.3) is 21.9 Å². The molecule has 0 atom stereocenters. The number of nitrogens with zero attached hydrogens (tertiary/aromatic N) is 2. The number of ketones is 2. The second kappa shape index (κ2) is 10.2. The van der Waals surface area contributed by atoms with E-state index in [-0.39, 0.29) is 24.0 Å². The minimum Gasteiger partial charge on any atom is -0.456 e. The fraction of sp³-hybridized carbons (Fsp3) is 0.462. The SMILES string of the molecule is Cl.O=C(CN1CCCCC1)c1ccc2oc3ccc(C(=O)CN4CCCCC4)cc3c2c1. The topological polar surface area (TPSA) is 53.8 Å². The number of hydrogen-bond donors (Lipinski definition) is 0. The summed E-state index contributed by atoms with van der Waals surface area (Å²) >= 11 is 0. The highest BCUT2D eigenvalue weighted by Gasteiger charge is 2.19. The third-order valence-electron chi connectivity index (χ3n) is 6.74. The average Bonchev–Trinajstić information content (AvgIpc) is 3.17. The smallest absolute Gasteiger partial charge is 0.176 e. The van der Waals surface area contributed by atoms with Crippen molar-refractivity contribution in [3.63, 3.8) is 0 Å². The summed E-state index contributed by atoms with van der Waals surface area (Å²) in [5, 5.41) is 1.82. The maximum Gasteiger partial charge on any atom is 0.176 e. The van der Waals surface area contributed by atoms with Gasteiger partial charge in [0.15, 0.2) is 11.6 Å². The molecule has 3 aromatic rings. The molecule has 0 saturated carbocycles. The van der Waals surface area contributed by atoms with Crippen LogP contribution < -0.4 is 0 Å². The molecule has 1 aromatic heterocycles. The zero-order valence-corrected chi connectivity index (χ0v) is 19.3. The van der Waals surface area contributed by atoms with Crippen molar-refractivity contribution >= 4 is 45.9 Å². The van der Waals surface area contributed by atoms with E-state index in [0.717, 1.165) is 48.1 Å². The second-order valence-electron chi connectivity index (χ2n) is 9.04. The van der Waals surface area contributed by atoms with Crippen molar-refractivity contribution in [1.82, 2.24) is 9.80 Å². The molecule has 2 aromatic carbocycles. The van der Waals surface area contributed by atoms with Gasteiger partial charge in [-0.15, -0.1) is 12.4 Å². The van der Waals surface area contributed by atoms with Crippen molar-refractivity contribution in [2.45, 2.75) is 38.5 Å². The number of rotatable bonds is 6. The maximum atomic E-state index is 12.9. The number of piperidine rings is 2. The summed E-state index contributed by atoms with van der Waals surface area (Å²) in [5.41, 5.74) is 2.94. The van der Waals surface area contributed by atoms with Crippen LogP contribution in [-0.2, 0) is 0 Å². The first-order valence-electron chi connectivity index (χ1n) is 11.6. The Morgan fingerprint density at radius 2 is 1.06 bits per heavy atom. The van der Waals surface area contributed by atoms with Crippen molar-refractivity contribution in [3.05, 3.63) is 47.5 Å². The Kier molecular flexibility index (Phi) is 7.29. The minimum absolute atomic E-state index is 0. The first kappa shape index (κ1) is 23.0. The van der Waals surface area contributed by atoms with Gasteiger partial charge in [-0.2, -0.15) is 0 Å². The lowest BCUT2D eigenvalue weighted by molar-refractivity contribution is 0.0908. The summed E-state index contributed by atoms with van der Waals surface area (Å²) in [6, 6.07) is 11.4. The fourth-order valence-corrected chi connectivity index (χ4v) is 4.95. The second-order valence-corrected chi connectivity index (χ2v) is 9.04. The maximum absolute atomic E-state index is 12.9. The number of likely N-dealkylation sites (tertiary alicyclic amines) is 2. The Balaban J connectivity index is 0.00000245. The lowest BCUT2D eigenvalue weighted by Crippen LogP contribution is -2.34. The standard InChI is InChI=1S/C26H30N2O3.ClH/c29-23(17-27-11-3-1-4-12-27)19-7-9-25-21(15-19)22-16-20(8-10-26(22)31-25)24(30)18-28-13-5-2-6-14-28;/h7-10,15-16H,1-6,11-14,17-18H2;1H. The summed E-state index contributed by atoms with van der Waals surface area (Å²) in [4.78, 5) is 30.3. The fourth-order valence-electron chi connectivity index (χ4n) is 4.95. The molecule has 0 N–H and O–H groups in total. The molecule has 170 valence electrons. The number of carbonyl (C=O) groups excluding carboxylic acids is 2. The van der Waals surface area contributed by atoms with Gasteiger partial charge in [0.1, 0.15) is 11.2 Å². The van der Waals surface area contributed by atoms with E-state index >= 15 is 0 Å². The number of benzene rings is 2. The van der Waals surface area contributed by atoms with E-state index < -0.39 is 0 Å². The number of fused-ring (bicyclic) bond motifs is 3. The van der Waals surface area contributed by atoms with Crippen LogP contribution in [0.15, 0.2) is 40.8 Å². The van der Waals surface area contributed by atoms with E-state index in [4.69, 9.17) is 4.42 Å². The van der Waals surface area contributed by atoms with Crippen LogP contribution in [0.4, 0.5) is 0 Å². The molecular weight excluding hydrogens is 424 g/mol. The summed E-state index contributed by atoms with van der Waals surface area (Å²) in [6.07, 6.45) is 7.21. The number of hydrogen-bond acceptors (Lipinski definition) is 5. The molecule has 32 heavy (non-hydrogen) atoms. The molecule has 5 nitrogen and oxygen atoms in total. The van der Waals surface area contributed by atoms with Gasteiger partial charge in [0, 0.05) is 21.9 Å². The van der Waals surface area contributed by atoms with E-state index in [1.54, 1.807) is 0 Å². The van der Waals surface area contributed by atoms with Gasteiger partial charge in [-0.05, 0) is 88.3 Å². The number of halogens is 1. The van der Waals surface area contributed by atoms with Crippen LogP contribution in [0.5, 0.6) is 0 Å². The van der Waals surface area contributed by atoms with E-state index in [1.165, 1.54) is 38.5 Å². The largest absolute Gasteiger partial charge is 0.456 e. The Morgan fingerprint density at radius 3 is 1.47 bits per heavy atom. The Morgan fingerprint density at radius 1 is 0.656 bits per heavy atom. The molecule has 0 amide bonds. The van der Waals surface area contributed by atoms with E-state index in [2.05, 4.69) is 9.80 Å². The van der Waals surface area contributed by atoms with Gasteiger partial charge < -0.3 is 4.42 Å². The van der Waals surface area contributed by atoms with E-state index in [0.29, 0.717) is 24.2 Å². The van der Waals surface area contributed by atoms with Gasteiger partial charge in [0.25, 0.3) is 0 Å². The van der Waals surface area contributed by atoms with Gasteiger partial charge in [-0.1, -0.05) is 12.8 Å². The molecule has 6 heteroatoms. The van der Waals surface area contributed by atoms with Gasteiger partial charge in [0.05, 0.1) is 13.1 Å². The number of furan rings is 1. The third-order valence-corrected chi connectivity index (χ3v) is 6.74. The zero-order valence-electron chi connectivity index (χ0n) is 18.5. The van der Waals surface area contributed by atoms with Crippen LogP contribution in [-0.4, -0.2) is 60.6 Å². The van der Waals surface area contributed by atoms with Crippen molar-refractivity contribution in [3.8, 4) is 0 Å². The molecule has 0 unspecified atom stereocenters. The molecule has 0 bridgehead atoms. The average molecular weight is 455 g/mol. The van der Waals surface area contributed by atoms with Gasteiger partial charge in [-0.3, -0.25) is 19.4 Å². The third kappa shape index (κ3) is 4.90. The summed E-state index contributed by atoms with van der Waals surface area (Å²) in [5.74, 6) is 0.297. The Bertz CT molecular complexity index is 1020. The summed E-state index contributed by atoms with van der Waals surface area (Å²) in [7, 11) is 0. The van der Waals surface area contributed by atoms with Crippen LogP contribution in [0, 0.1) is 0 Å². The van der Waals surface area contributed by atoms with Gasteiger partial charge >= 0.3 is 0 Å². The summed E-state index contributed by atoms with van der Waals surface area (Å²) < 4.78 is 5.98. The number of Topliss-reactive ketones (excluding diaryl/α,β-unsaturated/α-hetero) is 2. The van der Waals surface area contributed by atoms with Crippen LogP contribution in [0.3, 0.4) is 0 Å². The number of carbonyl (C=O) groups is 2. The molecule has 2 saturated heterocycles. The van der Waals surface area contributed by atoms with Gasteiger partial charge in [-0.25, -0.2) is 0 Å². The molecule has 2 aliphatic rings. The molecular formula is C26H31ClN2O3. The van der Waals surface area contributed by atoms with Gasteiger partial charge in [0.2, 0.25) is 0 Å². The van der Waals surface area contributed by atoms with Crippen molar-refractivity contribution in [2.24, 2.45) is 0 Å². The monoisotopic (exact) mass is 454 g/mol. The Hall–Kier alpha value is -2.21. The normalized spacial score (nSPS) is 18.0. The quantitative estimate of drug-likeness (QED) is 0.470. The van der Waals surface area contributed by atoms with Crippen molar-refractivity contribution < 1.29 is 14.0 Å². The predicted octanol–water partition coefficient (Wildman–Crippen LogP) is 5.35. The molecule has 0 spiro atoms. The summed E-state index contributed by atoms with van der Waals surface area (Å²) in [6.45, 7) is 4.97. The molecule has 2 aliphatic heterocycles. The van der Waals surface area contributed by atoms with E-state index in [9.17, 15) is 9.59 Å². The molecule has 5 rings (SSSR count). The predicted molar refractivity (Wildman–Crippen MR) is 130 cm³/mol. The van der Waals surface area contributed by atoms with Crippen LogP contribution >= 0.6 is 12.4 Å². The molecule has 0 radical (unpaired) electrons. The van der Waals surface area contributed by atoms with E-state index in [1.807, 2.05) is 36.4 Å². The first-order chi connectivity index (χ1) is 15.2. The molecule has 3 heterocycles. The minimum atomic E-state index is 0. The highest BCUT2D eigenvalue weighted by Crippen LogP contribution is 2.30. The zero-order chi connectivity index (χ0) is 21.2. The molecule has 2 fully saturated rings. The first-order valence-corrected chi connectivity index (χ1v) is 11.6. The van der Waals surface area contributed by atoms with Crippen LogP contribution in [0.2, 0.25) is 0 Å². The lowest BCUT2D eigenvalue weighted by Gasteiger charge is -2.25. The van der Waals surface area contributed by atoms with Crippen molar-refractivity contribution in [2.75, 3.05) is 39.3 Å². The highest BCUT2D eigenvalue weighted by atomic mass is 35.5. The Labute approximate surface area is 195 Å². The highest BCUT2D eigenvalue weighted by molar-refractivity contribution is 6.11. The van der Waals surface area contributed by atoms with Crippen molar-refractivity contribution in [1.29, 1.82) is 0 Å².